The van der Waals surface area contributed by atoms with Crippen molar-refractivity contribution in [1.29, 1.82) is 5.26 Å². The Morgan fingerprint density at radius 1 is 1.03 bits per heavy atom. The van der Waals surface area contributed by atoms with Gasteiger partial charge < -0.3 is 15.0 Å². The van der Waals surface area contributed by atoms with Crippen molar-refractivity contribution in [1.82, 2.24) is 10.2 Å². The summed E-state index contributed by atoms with van der Waals surface area (Å²) >= 11 is 0. The van der Waals surface area contributed by atoms with Crippen LogP contribution in [0.1, 0.15) is 77.0 Å². The van der Waals surface area contributed by atoms with E-state index in [0.29, 0.717) is 19.3 Å². The van der Waals surface area contributed by atoms with Crippen LogP contribution in [0.5, 0.6) is 0 Å². The molecule has 5 aliphatic carbocycles. The molecule has 0 saturated heterocycles. The van der Waals surface area contributed by atoms with E-state index in [1.807, 2.05) is 0 Å². The molecule has 31 heavy (non-hydrogen) atoms. The number of carbonyl (C=O) groups is 3. The monoisotopic (exact) mass is 429 g/mol. The minimum Gasteiger partial charge on any atom is -0.454 e. The second-order valence-electron chi connectivity index (χ2n) is 10.7. The summed E-state index contributed by atoms with van der Waals surface area (Å²) in [6.45, 7) is -0.616. The van der Waals surface area contributed by atoms with E-state index in [2.05, 4.69) is 11.4 Å². The largest absolute Gasteiger partial charge is 0.454 e. The minimum atomic E-state index is -0.798. The predicted molar refractivity (Wildman–Crippen MR) is 113 cm³/mol. The van der Waals surface area contributed by atoms with Gasteiger partial charge in [0.15, 0.2) is 6.61 Å². The Kier molecular flexibility index (Phi) is 6.27. The molecule has 7 heteroatoms. The van der Waals surface area contributed by atoms with Crippen molar-refractivity contribution < 1.29 is 19.1 Å². The van der Waals surface area contributed by atoms with E-state index in [4.69, 9.17) is 4.74 Å². The number of esters is 1. The highest BCUT2D eigenvalue weighted by molar-refractivity contribution is 5.84. The number of nitrogens with one attached hydrogen (secondary N) is 1. The van der Waals surface area contributed by atoms with Gasteiger partial charge in [0.1, 0.15) is 12.1 Å². The average Bonchev–Trinajstić information content (AvgIpc) is 2.74. The van der Waals surface area contributed by atoms with Crippen LogP contribution in [0.25, 0.3) is 0 Å². The Morgan fingerprint density at radius 2 is 1.61 bits per heavy atom. The highest BCUT2D eigenvalue weighted by Gasteiger charge is 2.51. The lowest BCUT2D eigenvalue weighted by Crippen LogP contribution is -2.51. The van der Waals surface area contributed by atoms with Gasteiger partial charge in [0, 0.05) is 13.5 Å². The summed E-state index contributed by atoms with van der Waals surface area (Å²) < 4.78 is 5.10. The SMILES string of the molecule is CN(C(=O)COC(=O)CNC(=O)CC12CC3CC(CC(C3)C1)C2)C1(C#N)CCCCC1. The van der Waals surface area contributed by atoms with E-state index in [1.165, 1.54) is 24.2 Å². The number of carbonyl (C=O) groups excluding carboxylic acids is 3. The smallest absolute Gasteiger partial charge is 0.325 e. The molecule has 2 amide bonds. The van der Waals surface area contributed by atoms with E-state index in [9.17, 15) is 19.6 Å². The molecule has 0 atom stereocenters. The molecule has 5 fully saturated rings. The number of nitriles is 1. The summed E-state index contributed by atoms with van der Waals surface area (Å²) in [5, 5.41) is 12.3. The third-order valence-electron chi connectivity index (χ3n) is 8.39. The van der Waals surface area contributed by atoms with Gasteiger partial charge in [0.05, 0.1) is 6.07 Å². The molecule has 5 saturated carbocycles. The number of rotatable bonds is 7. The lowest BCUT2D eigenvalue weighted by atomic mass is 9.49. The molecule has 0 unspecified atom stereocenters. The van der Waals surface area contributed by atoms with Gasteiger partial charge >= 0.3 is 5.97 Å². The zero-order valence-electron chi connectivity index (χ0n) is 18.7. The van der Waals surface area contributed by atoms with Crippen LogP contribution in [0, 0.1) is 34.5 Å². The summed E-state index contributed by atoms with van der Waals surface area (Å²) in [4.78, 5) is 38.5. The quantitative estimate of drug-likeness (QED) is 0.627. The fourth-order valence-electron chi connectivity index (χ4n) is 7.27. The Labute approximate surface area is 184 Å². The molecule has 0 radical (unpaired) electrons. The topological polar surface area (TPSA) is 99.5 Å². The van der Waals surface area contributed by atoms with Crippen LogP contribution in [0.3, 0.4) is 0 Å². The molecule has 5 aliphatic rings. The van der Waals surface area contributed by atoms with Gasteiger partial charge in [-0.2, -0.15) is 5.26 Å². The Morgan fingerprint density at radius 3 is 2.16 bits per heavy atom. The zero-order valence-corrected chi connectivity index (χ0v) is 18.7. The van der Waals surface area contributed by atoms with Gasteiger partial charge in [-0.05, 0) is 74.5 Å². The van der Waals surface area contributed by atoms with Crippen LogP contribution in [-0.4, -0.2) is 48.4 Å². The first-order valence-electron chi connectivity index (χ1n) is 11.9. The van der Waals surface area contributed by atoms with Gasteiger partial charge in [0.2, 0.25) is 5.91 Å². The Bertz CT molecular complexity index is 730. The highest BCUT2D eigenvalue weighted by atomic mass is 16.5. The number of amides is 2. The Hall–Kier alpha value is -2.10. The number of hydrogen-bond acceptors (Lipinski definition) is 5. The molecule has 0 aromatic carbocycles. The summed E-state index contributed by atoms with van der Waals surface area (Å²) in [6, 6.07) is 2.30. The molecular weight excluding hydrogens is 394 g/mol. The molecule has 7 nitrogen and oxygen atoms in total. The van der Waals surface area contributed by atoms with Crippen LogP contribution >= 0.6 is 0 Å². The molecule has 0 aromatic rings. The maximum atomic E-state index is 12.5. The number of hydrogen-bond donors (Lipinski definition) is 1. The summed E-state index contributed by atoms with van der Waals surface area (Å²) in [5.41, 5.74) is -0.666. The molecule has 4 bridgehead atoms. The second kappa shape index (κ2) is 8.80. The van der Waals surface area contributed by atoms with Gasteiger partial charge in [-0.3, -0.25) is 14.4 Å². The predicted octanol–water partition coefficient (Wildman–Crippen LogP) is 2.94. The first-order chi connectivity index (χ1) is 14.8. The van der Waals surface area contributed by atoms with Gasteiger partial charge in [-0.15, -0.1) is 0 Å². The lowest BCUT2D eigenvalue weighted by molar-refractivity contribution is -0.153. The maximum Gasteiger partial charge on any atom is 0.325 e. The molecule has 0 heterocycles. The zero-order chi connectivity index (χ0) is 22.1. The van der Waals surface area contributed by atoms with Gasteiger partial charge in [-0.1, -0.05) is 19.3 Å². The average molecular weight is 430 g/mol. The minimum absolute atomic E-state index is 0.0898. The fraction of sp³-hybridized carbons (Fsp3) is 0.833. The first kappa shape index (κ1) is 22.1. The third-order valence-corrected chi connectivity index (χ3v) is 8.39. The summed E-state index contributed by atoms with van der Waals surface area (Å²) in [5.74, 6) is 1.27. The van der Waals surface area contributed by atoms with Crippen LogP contribution in [0.4, 0.5) is 0 Å². The fourth-order valence-corrected chi connectivity index (χ4v) is 7.27. The standard InChI is InChI=1S/C24H35N3O4/c1-27(24(16-25)5-3-2-4-6-24)21(29)15-31-22(30)14-26-20(28)13-23-10-17-7-18(11-23)9-19(8-17)12-23/h17-19H,2-15H2,1H3,(H,26,28). The molecular formula is C24H35N3O4. The molecule has 5 rings (SSSR count). The molecule has 1 N–H and O–H groups in total. The summed E-state index contributed by atoms with van der Waals surface area (Å²) in [6.07, 6.45) is 12.2. The number of nitrogens with zero attached hydrogens (tertiary/aromatic N) is 2. The number of ether oxygens (including phenoxy) is 1. The third kappa shape index (κ3) is 4.73. The van der Waals surface area contributed by atoms with Crippen LogP contribution in [0.15, 0.2) is 0 Å². The van der Waals surface area contributed by atoms with E-state index in [-0.39, 0.29) is 23.8 Å². The van der Waals surface area contributed by atoms with Crippen LogP contribution < -0.4 is 5.32 Å². The Balaban J connectivity index is 1.19. The first-order valence-corrected chi connectivity index (χ1v) is 11.9. The molecule has 170 valence electrons. The van der Waals surface area contributed by atoms with Crippen molar-refractivity contribution in [3.8, 4) is 6.07 Å². The van der Waals surface area contributed by atoms with Crippen LogP contribution in [-0.2, 0) is 19.1 Å². The normalized spacial score (nSPS) is 32.7. The van der Waals surface area contributed by atoms with Crippen molar-refractivity contribution >= 4 is 17.8 Å². The van der Waals surface area contributed by atoms with Crippen molar-refractivity contribution in [3.63, 3.8) is 0 Å². The van der Waals surface area contributed by atoms with E-state index in [1.54, 1.807) is 7.05 Å². The van der Waals surface area contributed by atoms with Crippen molar-refractivity contribution in [2.45, 2.75) is 82.6 Å². The summed E-state index contributed by atoms with van der Waals surface area (Å²) in [7, 11) is 1.61. The lowest BCUT2D eigenvalue weighted by Gasteiger charge is -2.56. The van der Waals surface area contributed by atoms with E-state index in [0.717, 1.165) is 56.3 Å². The van der Waals surface area contributed by atoms with Crippen molar-refractivity contribution in [2.24, 2.45) is 23.2 Å². The molecule has 0 aromatic heterocycles. The van der Waals surface area contributed by atoms with Gasteiger partial charge in [0.25, 0.3) is 5.91 Å². The molecule has 0 spiro atoms. The van der Waals surface area contributed by atoms with Crippen molar-refractivity contribution in [2.75, 3.05) is 20.2 Å². The highest BCUT2D eigenvalue weighted by Crippen LogP contribution is 2.61. The van der Waals surface area contributed by atoms with E-state index >= 15 is 0 Å². The van der Waals surface area contributed by atoms with Gasteiger partial charge in [-0.25, -0.2) is 0 Å². The van der Waals surface area contributed by atoms with Crippen molar-refractivity contribution in [3.05, 3.63) is 0 Å². The van der Waals surface area contributed by atoms with Crippen LogP contribution in [0.2, 0.25) is 0 Å². The number of likely N-dealkylation sites (N-methyl/N-ethyl adjacent to an activating group) is 1. The molecule has 0 aliphatic heterocycles. The second-order valence-corrected chi connectivity index (χ2v) is 10.7. The maximum absolute atomic E-state index is 12.5. The van der Waals surface area contributed by atoms with E-state index < -0.39 is 18.1 Å².